The average molecular weight is 368 g/mol. The molecule has 0 aliphatic rings. The molecule has 0 fully saturated rings. The molecule has 2 heterocycles. The zero-order valence-electron chi connectivity index (χ0n) is 15.0. The number of esters is 1. The molecule has 2 aromatic heterocycles. The number of ether oxygens (including phenoxy) is 1. The van der Waals surface area contributed by atoms with Gasteiger partial charge >= 0.3 is 5.97 Å². The van der Waals surface area contributed by atoms with Crippen molar-refractivity contribution < 1.29 is 14.3 Å². The second-order valence-corrected chi connectivity index (χ2v) is 7.36. The Labute approximate surface area is 156 Å². The van der Waals surface area contributed by atoms with Crippen molar-refractivity contribution in [3.05, 3.63) is 69.2 Å². The molecule has 0 unspecified atom stereocenters. The lowest BCUT2D eigenvalue weighted by Gasteiger charge is -2.06. The van der Waals surface area contributed by atoms with Gasteiger partial charge in [-0.05, 0) is 45.0 Å². The van der Waals surface area contributed by atoms with Gasteiger partial charge < -0.3 is 4.74 Å². The van der Waals surface area contributed by atoms with Crippen LogP contribution in [0.25, 0.3) is 5.69 Å². The van der Waals surface area contributed by atoms with Crippen LogP contribution in [0, 0.1) is 20.8 Å². The summed E-state index contributed by atoms with van der Waals surface area (Å²) in [6.45, 7) is 5.50. The van der Waals surface area contributed by atoms with Crippen LogP contribution >= 0.6 is 11.3 Å². The lowest BCUT2D eigenvalue weighted by Crippen LogP contribution is -2.15. The molecule has 134 valence electrons. The number of hydrogen-bond acceptors (Lipinski definition) is 5. The summed E-state index contributed by atoms with van der Waals surface area (Å²) in [7, 11) is 0. The minimum absolute atomic E-state index is 0.0985. The van der Waals surface area contributed by atoms with E-state index < -0.39 is 5.97 Å². The third-order valence-corrected chi connectivity index (χ3v) is 5.18. The molecular formula is C20H20N2O3S. The number of aryl methyl sites for hydroxylation is 2. The summed E-state index contributed by atoms with van der Waals surface area (Å²) in [6.07, 6.45) is 0.0985. The number of rotatable bonds is 6. The van der Waals surface area contributed by atoms with E-state index >= 15 is 0 Å². The zero-order valence-corrected chi connectivity index (χ0v) is 15.8. The van der Waals surface area contributed by atoms with Gasteiger partial charge in [0, 0.05) is 16.1 Å². The number of Topliss-reactive ketones (excluding diaryl/α,β-unsaturated/α-hetero) is 1. The van der Waals surface area contributed by atoms with Crippen molar-refractivity contribution >= 4 is 23.1 Å². The Morgan fingerprint density at radius 3 is 2.46 bits per heavy atom. The lowest BCUT2D eigenvalue weighted by molar-refractivity contribution is -0.141. The van der Waals surface area contributed by atoms with Crippen molar-refractivity contribution in [3.8, 4) is 5.69 Å². The summed E-state index contributed by atoms with van der Waals surface area (Å²) in [4.78, 5) is 25.9. The summed E-state index contributed by atoms with van der Waals surface area (Å²) in [5, 5.41) is 4.52. The van der Waals surface area contributed by atoms with Gasteiger partial charge in [-0.25, -0.2) is 4.68 Å². The Morgan fingerprint density at radius 1 is 1.08 bits per heavy atom. The minimum atomic E-state index is -0.426. The van der Waals surface area contributed by atoms with Crippen LogP contribution in [0.5, 0.6) is 0 Å². The number of carbonyl (C=O) groups is 2. The average Bonchev–Trinajstić information content (AvgIpc) is 3.19. The molecule has 0 atom stereocenters. The van der Waals surface area contributed by atoms with Gasteiger partial charge in [0.2, 0.25) is 5.78 Å². The first kappa shape index (κ1) is 18.1. The van der Waals surface area contributed by atoms with E-state index in [4.69, 9.17) is 4.74 Å². The molecule has 26 heavy (non-hydrogen) atoms. The maximum atomic E-state index is 12.2. The Kier molecular flexibility index (Phi) is 5.32. The van der Waals surface area contributed by atoms with Crippen LogP contribution in [0.4, 0.5) is 0 Å². The molecule has 6 heteroatoms. The van der Waals surface area contributed by atoms with Gasteiger partial charge in [0.1, 0.15) is 0 Å². The second kappa shape index (κ2) is 7.66. The summed E-state index contributed by atoms with van der Waals surface area (Å²) in [6, 6.07) is 13.4. The van der Waals surface area contributed by atoms with Crippen LogP contribution in [-0.2, 0) is 16.0 Å². The SMILES string of the molecule is Cc1ccc(C(=O)COC(=O)Cc2c(C)nn(-c3ccccc3)c2C)s1. The highest BCUT2D eigenvalue weighted by Gasteiger charge is 2.18. The summed E-state index contributed by atoms with van der Waals surface area (Å²) in [5.74, 6) is -0.602. The Hall–Kier alpha value is -2.73. The molecule has 0 aliphatic heterocycles. The minimum Gasteiger partial charge on any atom is -0.457 e. The Morgan fingerprint density at radius 2 is 1.81 bits per heavy atom. The molecule has 0 radical (unpaired) electrons. The van der Waals surface area contributed by atoms with Gasteiger partial charge in [-0.3, -0.25) is 9.59 Å². The third-order valence-electron chi connectivity index (χ3n) is 4.14. The van der Waals surface area contributed by atoms with Crippen molar-refractivity contribution in [3.63, 3.8) is 0 Å². The van der Waals surface area contributed by atoms with Crippen molar-refractivity contribution in [1.29, 1.82) is 0 Å². The molecule has 0 saturated heterocycles. The largest absolute Gasteiger partial charge is 0.457 e. The first-order valence-electron chi connectivity index (χ1n) is 8.31. The first-order chi connectivity index (χ1) is 12.5. The summed E-state index contributed by atoms with van der Waals surface area (Å²) >= 11 is 1.40. The highest BCUT2D eigenvalue weighted by Crippen LogP contribution is 2.19. The molecule has 0 N–H and O–H groups in total. The molecule has 3 aromatic rings. The van der Waals surface area contributed by atoms with E-state index in [1.165, 1.54) is 11.3 Å². The Bertz CT molecular complexity index is 941. The van der Waals surface area contributed by atoms with Crippen molar-refractivity contribution in [2.45, 2.75) is 27.2 Å². The predicted molar refractivity (Wildman–Crippen MR) is 101 cm³/mol. The molecule has 0 amide bonds. The van der Waals surface area contributed by atoms with Gasteiger partial charge in [-0.1, -0.05) is 18.2 Å². The van der Waals surface area contributed by atoms with Crippen LogP contribution < -0.4 is 0 Å². The van der Waals surface area contributed by atoms with E-state index in [9.17, 15) is 9.59 Å². The molecule has 1 aromatic carbocycles. The fourth-order valence-corrected chi connectivity index (χ4v) is 3.54. The molecule has 0 saturated carbocycles. The fourth-order valence-electron chi connectivity index (χ4n) is 2.75. The predicted octanol–water partition coefficient (Wildman–Crippen LogP) is 3.83. The van der Waals surface area contributed by atoms with Crippen LogP contribution in [0.3, 0.4) is 0 Å². The fraction of sp³-hybridized carbons (Fsp3) is 0.250. The zero-order chi connectivity index (χ0) is 18.7. The van der Waals surface area contributed by atoms with E-state index in [1.54, 1.807) is 6.07 Å². The molecule has 5 nitrogen and oxygen atoms in total. The molecular weight excluding hydrogens is 348 g/mol. The van der Waals surface area contributed by atoms with Crippen LogP contribution in [0.2, 0.25) is 0 Å². The number of thiophene rings is 1. The number of para-hydroxylation sites is 1. The number of ketones is 1. The van der Waals surface area contributed by atoms with Crippen LogP contribution in [-0.4, -0.2) is 28.1 Å². The first-order valence-corrected chi connectivity index (χ1v) is 9.13. The Balaban J connectivity index is 1.66. The van der Waals surface area contributed by atoms with E-state index in [1.807, 2.05) is 61.9 Å². The van der Waals surface area contributed by atoms with E-state index in [0.717, 1.165) is 27.5 Å². The highest BCUT2D eigenvalue weighted by molar-refractivity contribution is 7.14. The van der Waals surface area contributed by atoms with Crippen LogP contribution in [0.1, 0.15) is 31.5 Å². The van der Waals surface area contributed by atoms with E-state index in [-0.39, 0.29) is 18.8 Å². The monoisotopic (exact) mass is 368 g/mol. The topological polar surface area (TPSA) is 61.2 Å². The molecule has 3 rings (SSSR count). The highest BCUT2D eigenvalue weighted by atomic mass is 32.1. The molecule has 0 aliphatic carbocycles. The summed E-state index contributed by atoms with van der Waals surface area (Å²) < 4.78 is 6.99. The maximum Gasteiger partial charge on any atom is 0.310 e. The lowest BCUT2D eigenvalue weighted by atomic mass is 10.1. The van der Waals surface area contributed by atoms with Gasteiger partial charge in [0.05, 0.1) is 22.7 Å². The number of benzene rings is 1. The van der Waals surface area contributed by atoms with Gasteiger partial charge in [-0.2, -0.15) is 5.10 Å². The van der Waals surface area contributed by atoms with Crippen molar-refractivity contribution in [1.82, 2.24) is 9.78 Å². The maximum absolute atomic E-state index is 12.2. The van der Waals surface area contributed by atoms with Crippen molar-refractivity contribution in [2.75, 3.05) is 6.61 Å². The van der Waals surface area contributed by atoms with Gasteiger partial charge in [0.25, 0.3) is 0 Å². The standard InChI is InChI=1S/C20H20N2O3S/c1-13-9-10-19(26-13)18(23)12-25-20(24)11-17-14(2)21-22(15(17)3)16-7-5-4-6-8-16/h4-10H,11-12H2,1-3H3. The van der Waals surface area contributed by atoms with Gasteiger partial charge in [-0.15, -0.1) is 11.3 Å². The normalized spacial score (nSPS) is 10.7. The number of hydrogen-bond donors (Lipinski definition) is 0. The molecule has 0 spiro atoms. The van der Waals surface area contributed by atoms with E-state index in [2.05, 4.69) is 5.10 Å². The summed E-state index contributed by atoms with van der Waals surface area (Å²) in [5.41, 5.74) is 3.45. The van der Waals surface area contributed by atoms with Gasteiger partial charge in [0.15, 0.2) is 6.61 Å². The van der Waals surface area contributed by atoms with E-state index in [0.29, 0.717) is 4.88 Å². The number of nitrogens with zero attached hydrogens (tertiary/aromatic N) is 2. The smallest absolute Gasteiger partial charge is 0.310 e. The van der Waals surface area contributed by atoms with Crippen molar-refractivity contribution in [2.24, 2.45) is 0 Å². The number of aromatic nitrogens is 2. The number of carbonyl (C=O) groups excluding carboxylic acids is 2. The second-order valence-electron chi connectivity index (χ2n) is 6.07. The quantitative estimate of drug-likeness (QED) is 0.490. The third kappa shape index (κ3) is 3.91. The molecule has 0 bridgehead atoms. The van der Waals surface area contributed by atoms with Crippen LogP contribution in [0.15, 0.2) is 42.5 Å².